The van der Waals surface area contributed by atoms with E-state index in [1.54, 1.807) is 0 Å². The van der Waals surface area contributed by atoms with Gasteiger partial charge >= 0.3 is 0 Å². The Kier molecular flexibility index (Phi) is 2.69. The van der Waals surface area contributed by atoms with Gasteiger partial charge < -0.3 is 4.52 Å². The molecule has 18 heavy (non-hydrogen) atoms. The number of aromatic nitrogens is 1. The first-order valence-corrected chi connectivity index (χ1v) is 5.85. The minimum absolute atomic E-state index is 0.159. The summed E-state index contributed by atoms with van der Waals surface area (Å²) in [6.45, 7) is 0. The third-order valence-corrected chi connectivity index (χ3v) is 3.17. The zero-order valence-corrected chi connectivity index (χ0v) is 9.62. The van der Waals surface area contributed by atoms with Crippen LogP contribution < -0.4 is 0 Å². The van der Waals surface area contributed by atoms with Gasteiger partial charge in [0.2, 0.25) is 0 Å². The summed E-state index contributed by atoms with van der Waals surface area (Å²) in [5, 5.41) is 3.81. The molecule has 0 spiro atoms. The average molecular weight is 245 g/mol. The fourth-order valence-corrected chi connectivity index (χ4v) is 2.11. The van der Waals surface area contributed by atoms with Crippen molar-refractivity contribution in [2.45, 2.75) is 25.1 Å². The molecule has 2 nitrogen and oxygen atoms in total. The quantitative estimate of drug-likeness (QED) is 0.776. The molecule has 2 radical (unpaired) electrons. The molecule has 1 aliphatic rings. The van der Waals surface area contributed by atoms with Crippen LogP contribution in [0.5, 0.6) is 0 Å². The second-order valence-corrected chi connectivity index (χ2v) is 4.45. The van der Waals surface area contributed by atoms with Crippen molar-refractivity contribution in [2.75, 3.05) is 0 Å². The molecule has 0 aliphatic heterocycles. The number of hydrogen-bond donors (Lipinski definition) is 0. The minimum atomic E-state index is -0.652. The standard InChI is InChI=1S/C13H10BF2NO/c14-6-8-12(17-18-13(8)7-4-5-7)11-9(15)2-1-3-10(11)16/h1-3,7H,4-6H2. The van der Waals surface area contributed by atoms with E-state index >= 15 is 0 Å². The average Bonchev–Trinajstić information content (AvgIpc) is 3.10. The van der Waals surface area contributed by atoms with Crippen molar-refractivity contribution in [3.8, 4) is 11.3 Å². The fourth-order valence-electron chi connectivity index (χ4n) is 2.11. The number of rotatable bonds is 3. The number of halogens is 2. The minimum Gasteiger partial charge on any atom is -0.360 e. The second kappa shape index (κ2) is 4.23. The molecule has 1 saturated carbocycles. The zero-order chi connectivity index (χ0) is 12.7. The zero-order valence-electron chi connectivity index (χ0n) is 9.62. The highest BCUT2D eigenvalue weighted by molar-refractivity contribution is 6.09. The van der Waals surface area contributed by atoms with E-state index in [9.17, 15) is 8.78 Å². The van der Waals surface area contributed by atoms with E-state index in [0.29, 0.717) is 17.2 Å². The Morgan fingerprint density at radius 2 is 1.94 bits per heavy atom. The highest BCUT2D eigenvalue weighted by Gasteiger charge is 2.32. The maximum absolute atomic E-state index is 13.7. The summed E-state index contributed by atoms with van der Waals surface area (Å²) in [5.74, 6) is -0.324. The van der Waals surface area contributed by atoms with Gasteiger partial charge in [0.25, 0.3) is 0 Å². The van der Waals surface area contributed by atoms with Crippen molar-refractivity contribution in [3.63, 3.8) is 0 Å². The van der Waals surface area contributed by atoms with Crippen LogP contribution in [0.1, 0.15) is 30.1 Å². The second-order valence-electron chi connectivity index (χ2n) is 4.45. The summed E-state index contributed by atoms with van der Waals surface area (Å²) in [5.41, 5.74) is 0.644. The molecule has 0 bridgehead atoms. The Morgan fingerprint density at radius 1 is 1.28 bits per heavy atom. The predicted octanol–water partition coefficient (Wildman–Crippen LogP) is 3.17. The van der Waals surface area contributed by atoms with Crippen LogP contribution in [0.3, 0.4) is 0 Å². The molecule has 1 aromatic heterocycles. The summed E-state index contributed by atoms with van der Waals surface area (Å²) >= 11 is 0. The van der Waals surface area contributed by atoms with Crippen LogP contribution in [0.4, 0.5) is 8.78 Å². The van der Waals surface area contributed by atoms with E-state index in [1.807, 2.05) is 0 Å². The van der Waals surface area contributed by atoms with Gasteiger partial charge in [-0.1, -0.05) is 17.5 Å². The van der Waals surface area contributed by atoms with E-state index in [4.69, 9.17) is 12.4 Å². The van der Waals surface area contributed by atoms with Crippen LogP contribution in [-0.2, 0) is 6.32 Å². The maximum atomic E-state index is 13.7. The van der Waals surface area contributed by atoms with Crippen molar-refractivity contribution >= 4 is 7.85 Å². The van der Waals surface area contributed by atoms with Gasteiger partial charge in [-0.05, 0) is 25.0 Å². The first-order valence-electron chi connectivity index (χ1n) is 5.85. The summed E-state index contributed by atoms with van der Waals surface area (Å²) in [6, 6.07) is 3.71. The molecule has 90 valence electrons. The topological polar surface area (TPSA) is 26.0 Å². The maximum Gasteiger partial charge on any atom is 0.142 e. The number of hydrogen-bond acceptors (Lipinski definition) is 2. The van der Waals surface area contributed by atoms with Crippen molar-refractivity contribution < 1.29 is 13.3 Å². The van der Waals surface area contributed by atoms with Gasteiger partial charge in [0, 0.05) is 11.5 Å². The smallest absolute Gasteiger partial charge is 0.142 e. The molecule has 1 heterocycles. The lowest BCUT2D eigenvalue weighted by Crippen LogP contribution is -1.95. The number of benzene rings is 1. The summed E-state index contributed by atoms with van der Waals surface area (Å²) in [6.07, 6.45) is 2.20. The van der Waals surface area contributed by atoms with E-state index in [2.05, 4.69) is 5.16 Å². The normalized spacial score (nSPS) is 15.0. The SMILES string of the molecule is [B]Cc1c(-c2c(F)cccc2F)noc1C1CC1. The summed E-state index contributed by atoms with van der Waals surface area (Å²) in [7, 11) is 5.65. The van der Waals surface area contributed by atoms with Crippen molar-refractivity contribution in [1.82, 2.24) is 5.16 Å². The third kappa shape index (κ3) is 1.74. The molecule has 1 aromatic carbocycles. The Hall–Kier alpha value is -1.65. The van der Waals surface area contributed by atoms with Crippen LogP contribution >= 0.6 is 0 Å². The van der Waals surface area contributed by atoms with Crippen molar-refractivity contribution in [1.29, 1.82) is 0 Å². The Labute approximate surface area is 104 Å². The lowest BCUT2D eigenvalue weighted by Gasteiger charge is -2.03. The lowest BCUT2D eigenvalue weighted by atomic mass is 9.91. The molecule has 2 aromatic rings. The van der Waals surface area contributed by atoms with Gasteiger partial charge in [0.1, 0.15) is 23.1 Å². The van der Waals surface area contributed by atoms with E-state index in [0.717, 1.165) is 12.8 Å². The molecular formula is C13H10BF2NO. The largest absolute Gasteiger partial charge is 0.360 e. The highest BCUT2D eigenvalue weighted by atomic mass is 19.1. The molecule has 1 aliphatic carbocycles. The molecule has 0 amide bonds. The Morgan fingerprint density at radius 3 is 2.50 bits per heavy atom. The molecule has 0 unspecified atom stereocenters. The van der Waals surface area contributed by atoms with Crippen LogP contribution in [0.15, 0.2) is 22.7 Å². The van der Waals surface area contributed by atoms with Crippen molar-refractivity contribution in [2.24, 2.45) is 0 Å². The lowest BCUT2D eigenvalue weighted by molar-refractivity contribution is 0.384. The van der Waals surface area contributed by atoms with Crippen molar-refractivity contribution in [3.05, 3.63) is 41.2 Å². The van der Waals surface area contributed by atoms with Gasteiger partial charge in [0.05, 0.1) is 13.4 Å². The Bertz CT molecular complexity index is 572. The molecule has 0 saturated heterocycles. The molecular weight excluding hydrogens is 235 g/mol. The first kappa shape index (κ1) is 11.4. The summed E-state index contributed by atoms with van der Waals surface area (Å²) in [4.78, 5) is 0. The van der Waals surface area contributed by atoms with Crippen LogP contribution in [-0.4, -0.2) is 13.0 Å². The molecule has 3 rings (SSSR count). The van der Waals surface area contributed by atoms with E-state index < -0.39 is 11.6 Å². The van der Waals surface area contributed by atoms with E-state index in [1.165, 1.54) is 18.2 Å². The molecule has 1 fully saturated rings. The monoisotopic (exact) mass is 245 g/mol. The molecule has 5 heteroatoms. The van der Waals surface area contributed by atoms with Gasteiger partial charge in [0.15, 0.2) is 0 Å². The van der Waals surface area contributed by atoms with Gasteiger partial charge in [-0.15, -0.1) is 0 Å². The van der Waals surface area contributed by atoms with Gasteiger partial charge in [-0.3, -0.25) is 0 Å². The fraction of sp³-hybridized carbons (Fsp3) is 0.308. The Balaban J connectivity index is 2.16. The molecule has 0 N–H and O–H groups in total. The predicted molar refractivity (Wildman–Crippen MR) is 63.3 cm³/mol. The number of nitrogens with zero attached hydrogens (tertiary/aromatic N) is 1. The van der Waals surface area contributed by atoms with Gasteiger partial charge in [-0.2, -0.15) is 0 Å². The highest BCUT2D eigenvalue weighted by Crippen LogP contribution is 2.44. The first-order chi connectivity index (χ1) is 8.72. The molecule has 0 atom stereocenters. The third-order valence-electron chi connectivity index (χ3n) is 3.17. The van der Waals surface area contributed by atoms with Crippen LogP contribution in [0.2, 0.25) is 0 Å². The van der Waals surface area contributed by atoms with E-state index in [-0.39, 0.29) is 17.6 Å². The van der Waals surface area contributed by atoms with Gasteiger partial charge in [-0.25, -0.2) is 8.78 Å². The van der Waals surface area contributed by atoms with Crippen LogP contribution in [0.25, 0.3) is 11.3 Å². The summed E-state index contributed by atoms with van der Waals surface area (Å²) < 4.78 is 32.6. The van der Waals surface area contributed by atoms with Crippen LogP contribution in [0, 0.1) is 11.6 Å².